The summed E-state index contributed by atoms with van der Waals surface area (Å²) >= 11 is 3.57. The average Bonchev–Trinajstić information content (AvgIpc) is 2.32. The summed E-state index contributed by atoms with van der Waals surface area (Å²) in [5.74, 6) is 0.854. The molecule has 0 unspecified atom stereocenters. The van der Waals surface area contributed by atoms with Crippen molar-refractivity contribution in [1.82, 2.24) is 5.32 Å². The molecule has 0 aromatic heterocycles. The zero-order valence-electron chi connectivity index (χ0n) is 14.0. The number of hydrogen-bond acceptors (Lipinski definition) is 3. The van der Waals surface area contributed by atoms with E-state index in [4.69, 9.17) is 9.47 Å². The van der Waals surface area contributed by atoms with Crippen molar-refractivity contribution in [3.63, 3.8) is 0 Å². The molecule has 1 aromatic carbocycles. The van der Waals surface area contributed by atoms with Crippen LogP contribution in [0.2, 0.25) is 0 Å². The number of benzene rings is 1. The van der Waals surface area contributed by atoms with Gasteiger partial charge in [-0.1, -0.05) is 6.07 Å². The maximum absolute atomic E-state index is 5.74. The number of rotatable bonds is 6. The molecule has 21 heavy (non-hydrogen) atoms. The van der Waals surface area contributed by atoms with Crippen molar-refractivity contribution in [3.8, 4) is 5.75 Å². The Labute approximate surface area is 137 Å². The predicted octanol–water partition coefficient (Wildman–Crippen LogP) is 4.53. The SMILES string of the molecule is CC(C)(C)NCc1ccc(OCCOC(C)(C)C)c(Br)c1. The Morgan fingerprint density at radius 2 is 1.71 bits per heavy atom. The highest BCUT2D eigenvalue weighted by molar-refractivity contribution is 9.10. The number of hydrogen-bond donors (Lipinski definition) is 1. The minimum absolute atomic E-state index is 0.117. The van der Waals surface area contributed by atoms with E-state index in [1.54, 1.807) is 0 Å². The van der Waals surface area contributed by atoms with Crippen molar-refractivity contribution in [3.05, 3.63) is 28.2 Å². The average molecular weight is 358 g/mol. The molecular weight excluding hydrogens is 330 g/mol. The van der Waals surface area contributed by atoms with E-state index in [0.717, 1.165) is 16.8 Å². The molecular formula is C17H28BrNO2. The number of halogens is 1. The number of ether oxygens (including phenoxy) is 2. The van der Waals surface area contributed by atoms with Crippen molar-refractivity contribution >= 4 is 15.9 Å². The maximum atomic E-state index is 5.74. The Morgan fingerprint density at radius 1 is 1.05 bits per heavy atom. The molecule has 120 valence electrons. The first kappa shape index (κ1) is 18.5. The van der Waals surface area contributed by atoms with Crippen molar-refractivity contribution in [2.45, 2.75) is 59.2 Å². The highest BCUT2D eigenvalue weighted by Gasteiger charge is 2.11. The second kappa shape index (κ2) is 7.61. The van der Waals surface area contributed by atoms with E-state index in [9.17, 15) is 0 Å². The first-order valence-corrected chi connectivity index (χ1v) is 8.16. The number of nitrogens with one attached hydrogen (secondary N) is 1. The summed E-state index contributed by atoms with van der Waals surface area (Å²) in [6, 6.07) is 6.18. The van der Waals surface area contributed by atoms with Crippen LogP contribution in [-0.2, 0) is 11.3 Å². The van der Waals surface area contributed by atoms with Crippen LogP contribution in [0.25, 0.3) is 0 Å². The molecule has 0 aliphatic heterocycles. The molecule has 0 spiro atoms. The molecule has 4 heteroatoms. The molecule has 0 saturated carbocycles. The summed E-state index contributed by atoms with van der Waals surface area (Å²) in [7, 11) is 0. The smallest absolute Gasteiger partial charge is 0.133 e. The van der Waals surface area contributed by atoms with Gasteiger partial charge in [-0.25, -0.2) is 0 Å². The third-order valence-corrected chi connectivity index (χ3v) is 3.31. The summed E-state index contributed by atoms with van der Waals surface area (Å²) in [5.41, 5.74) is 1.23. The van der Waals surface area contributed by atoms with E-state index in [2.05, 4.69) is 54.2 Å². The monoisotopic (exact) mass is 357 g/mol. The van der Waals surface area contributed by atoms with Gasteiger partial charge in [0.05, 0.1) is 16.7 Å². The van der Waals surface area contributed by atoms with Crippen LogP contribution < -0.4 is 10.1 Å². The minimum Gasteiger partial charge on any atom is -0.490 e. The zero-order chi connectivity index (χ0) is 16.1. The van der Waals surface area contributed by atoms with E-state index in [0.29, 0.717) is 13.2 Å². The summed E-state index contributed by atoms with van der Waals surface area (Å²) in [4.78, 5) is 0. The normalized spacial score (nSPS) is 12.5. The van der Waals surface area contributed by atoms with Crippen LogP contribution in [0.3, 0.4) is 0 Å². The van der Waals surface area contributed by atoms with Crippen molar-refractivity contribution in [2.24, 2.45) is 0 Å². The lowest BCUT2D eigenvalue weighted by atomic mass is 10.1. The van der Waals surface area contributed by atoms with Crippen molar-refractivity contribution < 1.29 is 9.47 Å². The van der Waals surface area contributed by atoms with Gasteiger partial charge in [0.15, 0.2) is 0 Å². The van der Waals surface area contributed by atoms with E-state index >= 15 is 0 Å². The second-order valence-corrected chi connectivity index (χ2v) is 8.03. The van der Waals surface area contributed by atoms with E-state index in [1.165, 1.54) is 5.56 Å². The minimum atomic E-state index is -0.122. The molecule has 0 fully saturated rings. The third kappa shape index (κ3) is 8.44. The highest BCUT2D eigenvalue weighted by atomic mass is 79.9. The van der Waals surface area contributed by atoms with Crippen molar-refractivity contribution in [1.29, 1.82) is 0 Å². The summed E-state index contributed by atoms with van der Waals surface area (Å²) in [6.07, 6.45) is 0. The molecule has 0 saturated heterocycles. The fraction of sp³-hybridized carbons (Fsp3) is 0.647. The fourth-order valence-corrected chi connectivity index (χ4v) is 2.18. The fourth-order valence-electron chi connectivity index (χ4n) is 1.64. The van der Waals surface area contributed by atoms with Crippen LogP contribution in [0.5, 0.6) is 5.75 Å². The molecule has 3 nitrogen and oxygen atoms in total. The van der Waals surface area contributed by atoms with Crippen LogP contribution in [0.4, 0.5) is 0 Å². The van der Waals surface area contributed by atoms with Gasteiger partial charge in [-0.05, 0) is 75.2 Å². The lowest BCUT2D eigenvalue weighted by Crippen LogP contribution is -2.35. The largest absolute Gasteiger partial charge is 0.490 e. The quantitative estimate of drug-likeness (QED) is 0.758. The molecule has 0 aliphatic rings. The first-order valence-electron chi connectivity index (χ1n) is 7.37. The van der Waals surface area contributed by atoms with Gasteiger partial charge in [0.25, 0.3) is 0 Å². The Kier molecular flexibility index (Phi) is 6.70. The van der Waals surface area contributed by atoms with Crippen LogP contribution in [-0.4, -0.2) is 24.4 Å². The van der Waals surface area contributed by atoms with Gasteiger partial charge in [-0.15, -0.1) is 0 Å². The predicted molar refractivity (Wildman–Crippen MR) is 91.9 cm³/mol. The zero-order valence-corrected chi connectivity index (χ0v) is 15.6. The molecule has 0 atom stereocenters. The van der Waals surface area contributed by atoms with Crippen LogP contribution in [0, 0.1) is 0 Å². The van der Waals surface area contributed by atoms with E-state index in [-0.39, 0.29) is 11.1 Å². The second-order valence-electron chi connectivity index (χ2n) is 7.18. The maximum Gasteiger partial charge on any atom is 0.133 e. The molecule has 0 amide bonds. The van der Waals surface area contributed by atoms with Crippen molar-refractivity contribution in [2.75, 3.05) is 13.2 Å². The topological polar surface area (TPSA) is 30.5 Å². The molecule has 1 aromatic rings. The third-order valence-electron chi connectivity index (χ3n) is 2.70. The van der Waals surface area contributed by atoms with Crippen LogP contribution in [0.1, 0.15) is 47.1 Å². The standard InChI is InChI=1S/C17H28BrNO2/c1-16(2,3)19-12-13-7-8-15(14(18)11-13)20-9-10-21-17(4,5)6/h7-8,11,19H,9-10,12H2,1-6H3. The summed E-state index contributed by atoms with van der Waals surface area (Å²) in [5, 5.41) is 3.47. The Hall–Kier alpha value is -0.580. The van der Waals surface area contributed by atoms with Gasteiger partial charge >= 0.3 is 0 Å². The first-order chi connectivity index (χ1) is 9.57. The molecule has 1 N–H and O–H groups in total. The van der Waals surface area contributed by atoms with Crippen LogP contribution in [0.15, 0.2) is 22.7 Å². The Bertz CT molecular complexity index is 447. The molecule has 0 aliphatic carbocycles. The lowest BCUT2D eigenvalue weighted by molar-refractivity contribution is -0.0163. The molecule has 0 radical (unpaired) electrons. The Balaban J connectivity index is 2.47. The lowest BCUT2D eigenvalue weighted by Gasteiger charge is -2.21. The van der Waals surface area contributed by atoms with Gasteiger partial charge < -0.3 is 14.8 Å². The van der Waals surface area contributed by atoms with Gasteiger partial charge in [-0.2, -0.15) is 0 Å². The summed E-state index contributed by atoms with van der Waals surface area (Å²) < 4.78 is 12.4. The molecule has 1 rings (SSSR count). The van der Waals surface area contributed by atoms with Gasteiger partial charge in [-0.3, -0.25) is 0 Å². The summed E-state index contributed by atoms with van der Waals surface area (Å²) in [6.45, 7) is 14.6. The molecule has 0 bridgehead atoms. The van der Waals surface area contributed by atoms with Crippen LogP contribution >= 0.6 is 15.9 Å². The molecule has 0 heterocycles. The van der Waals surface area contributed by atoms with Gasteiger partial charge in [0.1, 0.15) is 12.4 Å². The van der Waals surface area contributed by atoms with Gasteiger partial charge in [0.2, 0.25) is 0 Å². The van der Waals surface area contributed by atoms with E-state index in [1.807, 2.05) is 26.8 Å². The van der Waals surface area contributed by atoms with Gasteiger partial charge in [0, 0.05) is 12.1 Å². The van der Waals surface area contributed by atoms with E-state index < -0.39 is 0 Å². The Morgan fingerprint density at radius 3 is 2.24 bits per heavy atom. The highest BCUT2D eigenvalue weighted by Crippen LogP contribution is 2.26.